The second-order valence-corrected chi connectivity index (χ2v) is 4.26. The van der Waals surface area contributed by atoms with Crippen molar-refractivity contribution in [2.45, 2.75) is 19.9 Å². The quantitative estimate of drug-likeness (QED) is 0.889. The van der Waals surface area contributed by atoms with Crippen LogP contribution in [-0.4, -0.2) is 11.5 Å². The molecule has 2 rings (SSSR count). The molecule has 1 atom stereocenters. The number of rotatable bonds is 4. The Bertz CT molecular complexity index is 511. The predicted molar refractivity (Wildman–Crippen MR) is 71.7 cm³/mol. The second-order valence-electron chi connectivity index (χ2n) is 4.26. The first-order chi connectivity index (χ1) is 8.72. The van der Waals surface area contributed by atoms with E-state index in [1.54, 1.807) is 12.4 Å². The maximum absolute atomic E-state index is 13.9. The lowest BCUT2D eigenvalue weighted by molar-refractivity contribution is 0.593. The van der Waals surface area contributed by atoms with Crippen LogP contribution in [0.3, 0.4) is 0 Å². The summed E-state index contributed by atoms with van der Waals surface area (Å²) in [6.45, 7) is 5.02. The van der Waals surface area contributed by atoms with Gasteiger partial charge in [0.15, 0.2) is 0 Å². The molecule has 1 aromatic heterocycles. The van der Waals surface area contributed by atoms with Crippen LogP contribution in [0.25, 0.3) is 11.1 Å². The normalized spacial score (nSPS) is 12.4. The summed E-state index contributed by atoms with van der Waals surface area (Å²) in [6.07, 6.45) is 3.37. The molecule has 0 saturated heterocycles. The van der Waals surface area contributed by atoms with E-state index in [9.17, 15) is 4.39 Å². The first-order valence-electron chi connectivity index (χ1n) is 6.15. The molecule has 0 aliphatic carbocycles. The molecule has 0 radical (unpaired) electrons. The summed E-state index contributed by atoms with van der Waals surface area (Å²) in [5, 5.41) is 3.32. The van der Waals surface area contributed by atoms with E-state index in [1.165, 1.54) is 6.07 Å². The molecule has 0 saturated carbocycles. The highest BCUT2D eigenvalue weighted by molar-refractivity contribution is 5.64. The van der Waals surface area contributed by atoms with Gasteiger partial charge in [-0.3, -0.25) is 4.98 Å². The Morgan fingerprint density at radius 1 is 1.33 bits per heavy atom. The molecule has 0 fully saturated rings. The lowest BCUT2D eigenvalue weighted by Crippen LogP contribution is -2.17. The lowest BCUT2D eigenvalue weighted by Gasteiger charge is -2.14. The first-order valence-corrected chi connectivity index (χ1v) is 6.15. The first kappa shape index (κ1) is 12.7. The molecule has 1 heterocycles. The van der Waals surface area contributed by atoms with Gasteiger partial charge in [0, 0.05) is 29.6 Å². The van der Waals surface area contributed by atoms with Gasteiger partial charge in [0.25, 0.3) is 0 Å². The Morgan fingerprint density at radius 2 is 2.17 bits per heavy atom. The minimum Gasteiger partial charge on any atom is -0.310 e. The SMILES string of the molecule is CCNC(C)c1ccc(F)c(-c2cccnc2)c1. The van der Waals surface area contributed by atoms with Gasteiger partial charge in [0.05, 0.1) is 0 Å². The fourth-order valence-corrected chi connectivity index (χ4v) is 1.98. The van der Waals surface area contributed by atoms with E-state index < -0.39 is 0 Å². The summed E-state index contributed by atoms with van der Waals surface area (Å²) in [6, 6.07) is 9.13. The zero-order valence-electron chi connectivity index (χ0n) is 10.7. The van der Waals surface area contributed by atoms with Crippen LogP contribution in [0.1, 0.15) is 25.5 Å². The third kappa shape index (κ3) is 2.74. The number of benzene rings is 1. The minimum atomic E-state index is -0.213. The largest absolute Gasteiger partial charge is 0.310 e. The molecule has 0 aliphatic rings. The summed E-state index contributed by atoms with van der Waals surface area (Å²) < 4.78 is 13.9. The molecule has 2 nitrogen and oxygen atoms in total. The standard InChI is InChI=1S/C15H17FN2/c1-3-18-11(2)12-6-7-15(16)14(9-12)13-5-4-8-17-10-13/h4-11,18H,3H2,1-2H3. The van der Waals surface area contributed by atoms with Crippen molar-refractivity contribution in [3.05, 3.63) is 54.1 Å². The molecule has 2 aromatic rings. The number of pyridine rings is 1. The molecule has 0 bridgehead atoms. The van der Waals surface area contributed by atoms with E-state index in [4.69, 9.17) is 0 Å². The number of nitrogens with one attached hydrogen (secondary N) is 1. The Balaban J connectivity index is 2.39. The van der Waals surface area contributed by atoms with Crippen molar-refractivity contribution >= 4 is 0 Å². The van der Waals surface area contributed by atoms with Crippen LogP contribution in [-0.2, 0) is 0 Å². The topological polar surface area (TPSA) is 24.9 Å². The summed E-state index contributed by atoms with van der Waals surface area (Å²) in [5.74, 6) is -0.213. The molecular weight excluding hydrogens is 227 g/mol. The number of halogens is 1. The van der Waals surface area contributed by atoms with E-state index in [-0.39, 0.29) is 11.9 Å². The molecule has 1 N–H and O–H groups in total. The van der Waals surface area contributed by atoms with E-state index in [1.807, 2.05) is 24.3 Å². The molecular formula is C15H17FN2. The van der Waals surface area contributed by atoms with Crippen LogP contribution < -0.4 is 5.32 Å². The predicted octanol–water partition coefficient (Wildman–Crippen LogP) is 3.56. The summed E-state index contributed by atoms with van der Waals surface area (Å²) in [4.78, 5) is 4.03. The third-order valence-electron chi connectivity index (χ3n) is 2.97. The molecule has 0 amide bonds. The van der Waals surface area contributed by atoms with E-state index in [0.717, 1.165) is 17.7 Å². The highest BCUT2D eigenvalue weighted by Crippen LogP contribution is 2.25. The number of hydrogen-bond donors (Lipinski definition) is 1. The molecule has 94 valence electrons. The van der Waals surface area contributed by atoms with Gasteiger partial charge in [-0.2, -0.15) is 0 Å². The summed E-state index contributed by atoms with van der Waals surface area (Å²) in [7, 11) is 0. The van der Waals surface area contributed by atoms with Crippen molar-refractivity contribution in [3.63, 3.8) is 0 Å². The number of nitrogens with zero attached hydrogens (tertiary/aromatic N) is 1. The molecule has 0 aliphatic heterocycles. The van der Waals surface area contributed by atoms with Crippen LogP contribution in [0.2, 0.25) is 0 Å². The highest BCUT2D eigenvalue weighted by atomic mass is 19.1. The van der Waals surface area contributed by atoms with Crippen molar-refractivity contribution in [1.82, 2.24) is 10.3 Å². The van der Waals surface area contributed by atoms with Gasteiger partial charge in [-0.25, -0.2) is 4.39 Å². The summed E-state index contributed by atoms with van der Waals surface area (Å²) >= 11 is 0. The van der Waals surface area contributed by atoms with E-state index in [0.29, 0.717) is 5.56 Å². The number of hydrogen-bond acceptors (Lipinski definition) is 2. The van der Waals surface area contributed by atoms with Gasteiger partial charge < -0.3 is 5.32 Å². The van der Waals surface area contributed by atoms with Crippen molar-refractivity contribution in [1.29, 1.82) is 0 Å². The third-order valence-corrected chi connectivity index (χ3v) is 2.97. The van der Waals surface area contributed by atoms with Crippen LogP contribution in [0.5, 0.6) is 0 Å². The van der Waals surface area contributed by atoms with Crippen LogP contribution >= 0.6 is 0 Å². The van der Waals surface area contributed by atoms with Gasteiger partial charge in [-0.15, -0.1) is 0 Å². The Morgan fingerprint density at radius 3 is 2.83 bits per heavy atom. The lowest BCUT2D eigenvalue weighted by atomic mass is 10.0. The van der Waals surface area contributed by atoms with Crippen molar-refractivity contribution in [2.24, 2.45) is 0 Å². The zero-order chi connectivity index (χ0) is 13.0. The van der Waals surface area contributed by atoms with Gasteiger partial charge in [0.1, 0.15) is 5.82 Å². The monoisotopic (exact) mass is 244 g/mol. The Kier molecular flexibility index (Phi) is 4.05. The maximum Gasteiger partial charge on any atom is 0.131 e. The molecule has 1 unspecified atom stereocenters. The van der Waals surface area contributed by atoms with Gasteiger partial charge >= 0.3 is 0 Å². The minimum absolute atomic E-state index is 0.213. The van der Waals surface area contributed by atoms with Crippen molar-refractivity contribution < 1.29 is 4.39 Å². The van der Waals surface area contributed by atoms with Crippen LogP contribution in [0.15, 0.2) is 42.7 Å². The highest BCUT2D eigenvalue weighted by Gasteiger charge is 2.09. The molecule has 0 spiro atoms. The van der Waals surface area contributed by atoms with Crippen molar-refractivity contribution in [2.75, 3.05) is 6.54 Å². The average Bonchev–Trinajstić information content (AvgIpc) is 2.40. The molecule has 18 heavy (non-hydrogen) atoms. The van der Waals surface area contributed by atoms with E-state index in [2.05, 4.69) is 24.1 Å². The molecule has 3 heteroatoms. The van der Waals surface area contributed by atoms with Gasteiger partial charge in [-0.1, -0.05) is 19.1 Å². The maximum atomic E-state index is 13.9. The Hall–Kier alpha value is -1.74. The fraction of sp³-hybridized carbons (Fsp3) is 0.267. The smallest absolute Gasteiger partial charge is 0.131 e. The zero-order valence-corrected chi connectivity index (χ0v) is 10.7. The van der Waals surface area contributed by atoms with E-state index >= 15 is 0 Å². The summed E-state index contributed by atoms with van der Waals surface area (Å²) in [5.41, 5.74) is 2.49. The van der Waals surface area contributed by atoms with Crippen LogP contribution in [0.4, 0.5) is 4.39 Å². The number of aromatic nitrogens is 1. The van der Waals surface area contributed by atoms with Gasteiger partial charge in [-0.05, 0) is 37.2 Å². The fourth-order valence-electron chi connectivity index (χ4n) is 1.98. The Labute approximate surface area is 107 Å². The molecule has 1 aromatic carbocycles. The van der Waals surface area contributed by atoms with Crippen molar-refractivity contribution in [3.8, 4) is 11.1 Å². The van der Waals surface area contributed by atoms with Gasteiger partial charge in [0.2, 0.25) is 0 Å². The average molecular weight is 244 g/mol. The second kappa shape index (κ2) is 5.74. The van der Waals surface area contributed by atoms with Crippen LogP contribution in [0, 0.1) is 5.82 Å².